The quantitative estimate of drug-likeness (QED) is 0.568. The lowest BCUT2D eigenvalue weighted by atomic mass is 9.86. The highest BCUT2D eigenvalue weighted by molar-refractivity contribution is 5.06. The maximum Gasteiger partial charge on any atom is 0.115 e. The number of alkyl halides is 1. The first-order chi connectivity index (χ1) is 4.77. The third-order valence-electron chi connectivity index (χ3n) is 2.83. The van der Waals surface area contributed by atoms with Crippen LogP contribution in [0.15, 0.2) is 0 Å². The van der Waals surface area contributed by atoms with Gasteiger partial charge in [-0.05, 0) is 6.42 Å². The van der Waals surface area contributed by atoms with E-state index in [9.17, 15) is 4.39 Å². The molecule has 0 bridgehead atoms. The molecule has 2 fully saturated rings. The summed E-state index contributed by atoms with van der Waals surface area (Å²) in [6, 6.07) is 0. The second kappa shape index (κ2) is 1.92. The summed E-state index contributed by atoms with van der Waals surface area (Å²) in [7, 11) is 0. The zero-order chi connectivity index (χ0) is 7.19. The van der Waals surface area contributed by atoms with Crippen LogP contribution in [0.5, 0.6) is 0 Å². The van der Waals surface area contributed by atoms with Gasteiger partial charge in [0.15, 0.2) is 0 Å². The van der Waals surface area contributed by atoms with Crippen molar-refractivity contribution >= 4 is 0 Å². The van der Waals surface area contributed by atoms with Gasteiger partial charge in [-0.15, -0.1) is 0 Å². The molecule has 0 saturated carbocycles. The molecule has 0 amide bonds. The van der Waals surface area contributed by atoms with Crippen LogP contribution in [0, 0.1) is 0 Å². The second-order valence-electron chi connectivity index (χ2n) is 3.38. The van der Waals surface area contributed by atoms with E-state index in [-0.39, 0.29) is 12.1 Å². The largest absolute Gasteiger partial charge is 0.394 e. The van der Waals surface area contributed by atoms with Crippen LogP contribution in [0.4, 0.5) is 4.39 Å². The van der Waals surface area contributed by atoms with Crippen molar-refractivity contribution in [2.75, 3.05) is 19.7 Å². The summed E-state index contributed by atoms with van der Waals surface area (Å²) in [4.78, 5) is 2.05. The Labute approximate surface area is 59.6 Å². The highest BCUT2D eigenvalue weighted by Crippen LogP contribution is 2.40. The van der Waals surface area contributed by atoms with Gasteiger partial charge in [0.05, 0.1) is 6.61 Å². The molecule has 2 heterocycles. The summed E-state index contributed by atoms with van der Waals surface area (Å²) in [5, 5.41) is 8.96. The lowest BCUT2D eigenvalue weighted by Gasteiger charge is -2.46. The van der Waals surface area contributed by atoms with Gasteiger partial charge in [0.1, 0.15) is 6.17 Å². The predicted molar refractivity (Wildman–Crippen MR) is 35.5 cm³/mol. The molecule has 2 atom stereocenters. The van der Waals surface area contributed by atoms with Crippen molar-refractivity contribution in [3.05, 3.63) is 0 Å². The highest BCUT2D eigenvalue weighted by atomic mass is 19.1. The molecule has 2 aliphatic rings. The van der Waals surface area contributed by atoms with Crippen LogP contribution in [0.25, 0.3) is 0 Å². The molecule has 0 aromatic carbocycles. The average molecular weight is 145 g/mol. The van der Waals surface area contributed by atoms with Gasteiger partial charge in [-0.25, -0.2) is 4.39 Å². The minimum atomic E-state index is -0.699. The van der Waals surface area contributed by atoms with Crippen LogP contribution in [0.2, 0.25) is 0 Å². The van der Waals surface area contributed by atoms with E-state index in [1.165, 1.54) is 0 Å². The summed E-state index contributed by atoms with van der Waals surface area (Å²) in [5.41, 5.74) is -0.139. The van der Waals surface area contributed by atoms with Crippen LogP contribution in [-0.4, -0.2) is 41.4 Å². The molecule has 0 unspecified atom stereocenters. The third kappa shape index (κ3) is 0.648. The van der Waals surface area contributed by atoms with E-state index in [0.29, 0.717) is 13.0 Å². The Kier molecular flexibility index (Phi) is 1.26. The fraction of sp³-hybridized carbons (Fsp3) is 1.00. The number of rotatable bonds is 1. The van der Waals surface area contributed by atoms with Gasteiger partial charge in [-0.2, -0.15) is 0 Å². The first-order valence-corrected chi connectivity index (χ1v) is 3.77. The lowest BCUT2D eigenvalue weighted by Crippen LogP contribution is -2.57. The normalized spacial score (nSPS) is 46.8. The monoisotopic (exact) mass is 145 g/mol. The van der Waals surface area contributed by atoms with Gasteiger partial charge in [-0.1, -0.05) is 0 Å². The van der Waals surface area contributed by atoms with Crippen molar-refractivity contribution < 1.29 is 9.50 Å². The van der Waals surface area contributed by atoms with Gasteiger partial charge in [0.25, 0.3) is 0 Å². The summed E-state index contributed by atoms with van der Waals surface area (Å²) >= 11 is 0. The number of halogens is 1. The molecule has 10 heavy (non-hydrogen) atoms. The van der Waals surface area contributed by atoms with Crippen molar-refractivity contribution in [1.82, 2.24) is 4.90 Å². The zero-order valence-corrected chi connectivity index (χ0v) is 5.89. The average Bonchev–Trinajstić information content (AvgIpc) is 2.11. The number of hydrogen-bond donors (Lipinski definition) is 1. The van der Waals surface area contributed by atoms with E-state index in [2.05, 4.69) is 4.90 Å². The Morgan fingerprint density at radius 3 is 2.80 bits per heavy atom. The first-order valence-electron chi connectivity index (χ1n) is 3.77. The number of fused-ring (bicyclic) bond motifs is 1. The maximum atomic E-state index is 12.7. The van der Waals surface area contributed by atoms with E-state index >= 15 is 0 Å². The standard InChI is InChI=1S/C7H12FNO/c8-6-3-7(5-10)1-2-9(7)4-6/h6,10H,1-5H2/t6-,7-/m0/s1. The van der Waals surface area contributed by atoms with Crippen molar-refractivity contribution in [2.45, 2.75) is 24.6 Å². The van der Waals surface area contributed by atoms with Gasteiger partial charge >= 0.3 is 0 Å². The Morgan fingerprint density at radius 2 is 2.50 bits per heavy atom. The summed E-state index contributed by atoms with van der Waals surface area (Å²) < 4.78 is 12.7. The lowest BCUT2D eigenvalue weighted by molar-refractivity contribution is -0.0190. The Bertz CT molecular complexity index is 149. The van der Waals surface area contributed by atoms with Gasteiger partial charge < -0.3 is 5.11 Å². The second-order valence-corrected chi connectivity index (χ2v) is 3.38. The number of nitrogens with zero attached hydrogens (tertiary/aromatic N) is 1. The fourth-order valence-electron chi connectivity index (χ4n) is 2.06. The van der Waals surface area contributed by atoms with Gasteiger partial charge in [0.2, 0.25) is 0 Å². The third-order valence-corrected chi connectivity index (χ3v) is 2.83. The summed E-state index contributed by atoms with van der Waals surface area (Å²) in [6.07, 6.45) is 0.822. The van der Waals surface area contributed by atoms with Crippen LogP contribution in [0.3, 0.4) is 0 Å². The molecule has 2 nitrogen and oxygen atoms in total. The predicted octanol–water partition coefficient (Wildman–Crippen LogP) is 0.165. The smallest absolute Gasteiger partial charge is 0.115 e. The van der Waals surface area contributed by atoms with Crippen molar-refractivity contribution in [1.29, 1.82) is 0 Å². The molecule has 1 N–H and O–H groups in total. The molecule has 0 aromatic rings. The molecular formula is C7H12FNO. The van der Waals surface area contributed by atoms with Crippen LogP contribution >= 0.6 is 0 Å². The zero-order valence-electron chi connectivity index (χ0n) is 5.89. The first kappa shape index (κ1) is 6.55. The van der Waals surface area contributed by atoms with Gasteiger partial charge in [0, 0.05) is 25.0 Å². The summed E-state index contributed by atoms with van der Waals surface area (Å²) in [5.74, 6) is 0. The molecule has 0 radical (unpaired) electrons. The molecule has 58 valence electrons. The van der Waals surface area contributed by atoms with E-state index in [0.717, 1.165) is 13.0 Å². The molecule has 3 heteroatoms. The Morgan fingerprint density at radius 1 is 1.70 bits per heavy atom. The minimum Gasteiger partial charge on any atom is -0.394 e. The molecular weight excluding hydrogens is 133 g/mol. The number of aliphatic hydroxyl groups is 1. The van der Waals surface area contributed by atoms with E-state index in [1.807, 2.05) is 0 Å². The highest BCUT2D eigenvalue weighted by Gasteiger charge is 2.51. The number of hydrogen-bond acceptors (Lipinski definition) is 2. The Hall–Kier alpha value is -0.150. The molecule has 0 spiro atoms. The van der Waals surface area contributed by atoms with Gasteiger partial charge in [-0.3, -0.25) is 4.90 Å². The van der Waals surface area contributed by atoms with Crippen molar-refractivity contribution in [2.24, 2.45) is 0 Å². The SMILES string of the molecule is OC[C@@]12CCN1C[C@@H](F)C2. The molecule has 2 aliphatic heterocycles. The fourth-order valence-corrected chi connectivity index (χ4v) is 2.06. The Balaban J connectivity index is 2.10. The van der Waals surface area contributed by atoms with Crippen molar-refractivity contribution in [3.63, 3.8) is 0 Å². The topological polar surface area (TPSA) is 23.5 Å². The maximum absolute atomic E-state index is 12.7. The minimum absolute atomic E-state index is 0.132. The number of aliphatic hydroxyl groups excluding tert-OH is 1. The van der Waals surface area contributed by atoms with E-state index < -0.39 is 6.17 Å². The molecule has 0 aliphatic carbocycles. The molecule has 2 rings (SSSR count). The van der Waals surface area contributed by atoms with Crippen LogP contribution < -0.4 is 0 Å². The van der Waals surface area contributed by atoms with Crippen LogP contribution in [0.1, 0.15) is 12.8 Å². The molecule has 0 aromatic heterocycles. The van der Waals surface area contributed by atoms with Crippen LogP contribution in [-0.2, 0) is 0 Å². The van der Waals surface area contributed by atoms with E-state index in [4.69, 9.17) is 5.11 Å². The summed E-state index contributed by atoms with van der Waals surface area (Å²) in [6.45, 7) is 1.65. The van der Waals surface area contributed by atoms with E-state index in [1.54, 1.807) is 0 Å². The molecule has 2 saturated heterocycles. The van der Waals surface area contributed by atoms with Crippen molar-refractivity contribution in [3.8, 4) is 0 Å².